The zero-order chi connectivity index (χ0) is 11.0. The van der Waals surface area contributed by atoms with E-state index in [9.17, 15) is 0 Å². The van der Waals surface area contributed by atoms with Crippen molar-refractivity contribution < 1.29 is 4.74 Å². The van der Waals surface area contributed by atoms with Crippen LogP contribution < -0.4 is 9.64 Å². The van der Waals surface area contributed by atoms with E-state index >= 15 is 0 Å². The standard InChI is InChI=1S/C12H17N3O/c1-16-11-5-13-12(14-6-11)15-7-9-3-2-4-10(9)8-15/h5-6,9-10H,2-4,7-8H2,1H3. The van der Waals surface area contributed by atoms with E-state index in [2.05, 4.69) is 14.9 Å². The van der Waals surface area contributed by atoms with Crippen molar-refractivity contribution in [2.24, 2.45) is 11.8 Å². The molecule has 1 aliphatic heterocycles. The van der Waals surface area contributed by atoms with Crippen LogP contribution in [0.25, 0.3) is 0 Å². The number of anilines is 1. The van der Waals surface area contributed by atoms with Crippen LogP contribution in [0.5, 0.6) is 5.75 Å². The van der Waals surface area contributed by atoms with Crippen molar-refractivity contribution in [3.8, 4) is 5.75 Å². The number of hydrogen-bond donors (Lipinski definition) is 0. The first-order chi connectivity index (χ1) is 7.86. The molecule has 2 unspecified atom stereocenters. The second kappa shape index (κ2) is 3.92. The Bertz CT molecular complexity index is 353. The van der Waals surface area contributed by atoms with Crippen LogP contribution in [-0.4, -0.2) is 30.2 Å². The summed E-state index contributed by atoms with van der Waals surface area (Å²) in [6.07, 6.45) is 7.67. The zero-order valence-corrected chi connectivity index (χ0v) is 9.59. The van der Waals surface area contributed by atoms with Crippen LogP contribution in [-0.2, 0) is 0 Å². The first-order valence-corrected chi connectivity index (χ1v) is 5.98. The molecule has 1 aliphatic carbocycles. The summed E-state index contributed by atoms with van der Waals surface area (Å²) in [4.78, 5) is 11.0. The van der Waals surface area contributed by atoms with Crippen molar-refractivity contribution >= 4 is 5.95 Å². The van der Waals surface area contributed by atoms with Crippen molar-refractivity contribution in [1.82, 2.24) is 9.97 Å². The number of rotatable bonds is 2. The summed E-state index contributed by atoms with van der Waals surface area (Å²) in [6.45, 7) is 2.27. The van der Waals surface area contributed by atoms with Crippen molar-refractivity contribution in [1.29, 1.82) is 0 Å². The first kappa shape index (κ1) is 9.87. The average Bonchev–Trinajstić information content (AvgIpc) is 2.89. The van der Waals surface area contributed by atoms with Crippen molar-refractivity contribution in [3.05, 3.63) is 12.4 Å². The number of ether oxygens (including phenoxy) is 1. The molecule has 0 N–H and O–H groups in total. The molecule has 0 aromatic carbocycles. The maximum atomic E-state index is 5.06. The van der Waals surface area contributed by atoms with Gasteiger partial charge in [0.05, 0.1) is 19.5 Å². The number of fused-ring (bicyclic) bond motifs is 1. The summed E-state index contributed by atoms with van der Waals surface area (Å²) in [5, 5.41) is 0. The fourth-order valence-corrected chi connectivity index (χ4v) is 2.98. The van der Waals surface area contributed by atoms with Crippen LogP contribution in [0.15, 0.2) is 12.4 Å². The Labute approximate surface area is 95.7 Å². The third-order valence-corrected chi connectivity index (χ3v) is 3.86. The van der Waals surface area contributed by atoms with Gasteiger partial charge in [0.1, 0.15) is 0 Å². The molecular weight excluding hydrogens is 202 g/mol. The molecule has 4 heteroatoms. The summed E-state index contributed by atoms with van der Waals surface area (Å²) in [6, 6.07) is 0. The summed E-state index contributed by atoms with van der Waals surface area (Å²) < 4.78 is 5.06. The van der Waals surface area contributed by atoms with E-state index < -0.39 is 0 Å². The molecule has 0 spiro atoms. The monoisotopic (exact) mass is 219 g/mol. The van der Waals surface area contributed by atoms with E-state index in [4.69, 9.17) is 4.74 Å². The van der Waals surface area contributed by atoms with Gasteiger partial charge in [-0.2, -0.15) is 0 Å². The third-order valence-electron chi connectivity index (χ3n) is 3.86. The van der Waals surface area contributed by atoms with E-state index in [0.29, 0.717) is 0 Å². The highest BCUT2D eigenvalue weighted by Gasteiger charge is 2.36. The van der Waals surface area contributed by atoms with Crippen LogP contribution in [0.1, 0.15) is 19.3 Å². The molecule has 0 radical (unpaired) electrons. The zero-order valence-electron chi connectivity index (χ0n) is 9.59. The van der Waals surface area contributed by atoms with E-state index in [-0.39, 0.29) is 0 Å². The van der Waals surface area contributed by atoms with Gasteiger partial charge in [-0.1, -0.05) is 6.42 Å². The number of aromatic nitrogens is 2. The van der Waals surface area contributed by atoms with Crippen LogP contribution in [0.4, 0.5) is 5.95 Å². The van der Waals surface area contributed by atoms with Gasteiger partial charge in [-0.25, -0.2) is 9.97 Å². The van der Waals surface area contributed by atoms with Crippen LogP contribution in [0.3, 0.4) is 0 Å². The maximum Gasteiger partial charge on any atom is 0.225 e. The number of methoxy groups -OCH3 is 1. The molecule has 0 bridgehead atoms. The highest BCUT2D eigenvalue weighted by atomic mass is 16.5. The molecule has 2 aliphatic rings. The maximum absolute atomic E-state index is 5.06. The van der Waals surface area contributed by atoms with Gasteiger partial charge >= 0.3 is 0 Å². The highest BCUT2D eigenvalue weighted by Crippen LogP contribution is 2.38. The molecule has 1 saturated heterocycles. The van der Waals surface area contributed by atoms with Gasteiger partial charge in [0.25, 0.3) is 0 Å². The minimum Gasteiger partial charge on any atom is -0.494 e. The quantitative estimate of drug-likeness (QED) is 0.759. The largest absolute Gasteiger partial charge is 0.494 e. The van der Waals surface area contributed by atoms with Gasteiger partial charge in [-0.15, -0.1) is 0 Å². The lowest BCUT2D eigenvalue weighted by molar-refractivity contribution is 0.410. The Morgan fingerprint density at radius 1 is 1.19 bits per heavy atom. The lowest BCUT2D eigenvalue weighted by Gasteiger charge is -2.16. The van der Waals surface area contributed by atoms with Crippen LogP contribution in [0, 0.1) is 11.8 Å². The fraction of sp³-hybridized carbons (Fsp3) is 0.667. The molecule has 2 fully saturated rings. The summed E-state index contributed by atoms with van der Waals surface area (Å²) in [7, 11) is 1.64. The van der Waals surface area contributed by atoms with E-state index in [1.807, 2.05) is 0 Å². The minimum atomic E-state index is 0.725. The highest BCUT2D eigenvalue weighted by molar-refractivity contribution is 5.33. The van der Waals surface area contributed by atoms with Gasteiger partial charge in [-0.05, 0) is 24.7 Å². The Hall–Kier alpha value is -1.32. The topological polar surface area (TPSA) is 38.2 Å². The summed E-state index contributed by atoms with van der Waals surface area (Å²) >= 11 is 0. The Balaban J connectivity index is 1.73. The molecule has 1 saturated carbocycles. The molecular formula is C12H17N3O. The minimum absolute atomic E-state index is 0.725. The molecule has 0 amide bonds. The Morgan fingerprint density at radius 2 is 1.81 bits per heavy atom. The molecule has 4 nitrogen and oxygen atoms in total. The van der Waals surface area contributed by atoms with Crippen LogP contribution >= 0.6 is 0 Å². The third kappa shape index (κ3) is 1.62. The molecule has 16 heavy (non-hydrogen) atoms. The molecule has 86 valence electrons. The van der Waals surface area contributed by atoms with Gasteiger partial charge in [0, 0.05) is 13.1 Å². The van der Waals surface area contributed by atoms with E-state index in [0.717, 1.165) is 36.6 Å². The van der Waals surface area contributed by atoms with Gasteiger partial charge < -0.3 is 9.64 Å². The van der Waals surface area contributed by atoms with Gasteiger partial charge in [0.15, 0.2) is 5.75 Å². The van der Waals surface area contributed by atoms with E-state index in [1.165, 1.54) is 19.3 Å². The molecule has 2 atom stereocenters. The molecule has 3 rings (SSSR count). The normalized spacial score (nSPS) is 28.2. The summed E-state index contributed by atoms with van der Waals surface area (Å²) in [5.74, 6) is 3.34. The first-order valence-electron chi connectivity index (χ1n) is 5.98. The predicted molar refractivity (Wildman–Crippen MR) is 61.6 cm³/mol. The van der Waals surface area contributed by atoms with Crippen molar-refractivity contribution in [2.75, 3.05) is 25.1 Å². The smallest absolute Gasteiger partial charge is 0.225 e. The van der Waals surface area contributed by atoms with Crippen molar-refractivity contribution in [2.45, 2.75) is 19.3 Å². The van der Waals surface area contributed by atoms with Gasteiger partial charge in [0.2, 0.25) is 5.95 Å². The average molecular weight is 219 g/mol. The van der Waals surface area contributed by atoms with Crippen molar-refractivity contribution in [3.63, 3.8) is 0 Å². The van der Waals surface area contributed by atoms with Crippen LogP contribution in [0.2, 0.25) is 0 Å². The van der Waals surface area contributed by atoms with Gasteiger partial charge in [-0.3, -0.25) is 0 Å². The summed E-state index contributed by atoms with van der Waals surface area (Å²) in [5.41, 5.74) is 0. The number of hydrogen-bond acceptors (Lipinski definition) is 4. The Kier molecular flexibility index (Phi) is 2.42. The predicted octanol–water partition coefficient (Wildman–Crippen LogP) is 1.72. The fourth-order valence-electron chi connectivity index (χ4n) is 2.98. The Morgan fingerprint density at radius 3 is 2.38 bits per heavy atom. The molecule has 1 aromatic heterocycles. The second-order valence-corrected chi connectivity index (χ2v) is 4.78. The molecule has 1 aromatic rings. The molecule has 2 heterocycles. The SMILES string of the molecule is COc1cnc(N2CC3CCCC3C2)nc1. The lowest BCUT2D eigenvalue weighted by atomic mass is 10.0. The van der Waals surface area contributed by atoms with E-state index in [1.54, 1.807) is 19.5 Å². The number of nitrogens with zero attached hydrogens (tertiary/aromatic N) is 3. The lowest BCUT2D eigenvalue weighted by Crippen LogP contribution is -2.22. The second-order valence-electron chi connectivity index (χ2n) is 4.78.